The van der Waals surface area contributed by atoms with E-state index in [0.29, 0.717) is 6.10 Å². The first-order valence-electron chi connectivity index (χ1n) is 7.82. The number of likely N-dealkylation sites (N-methyl/N-ethyl adjacent to an activating group) is 1. The second-order valence-corrected chi connectivity index (χ2v) is 5.93. The van der Waals surface area contributed by atoms with Gasteiger partial charge in [0.05, 0.1) is 19.8 Å². The minimum atomic E-state index is 0.295. The molecular weight excluding hydrogens is 276 g/mol. The van der Waals surface area contributed by atoms with Gasteiger partial charge in [0.2, 0.25) is 0 Å². The summed E-state index contributed by atoms with van der Waals surface area (Å²) >= 11 is 0. The normalized spacial score (nSPS) is 19.5. The molecule has 1 N–H and O–H groups in total. The van der Waals surface area contributed by atoms with E-state index in [1.807, 2.05) is 6.07 Å². The van der Waals surface area contributed by atoms with Crippen molar-refractivity contribution in [1.82, 2.24) is 10.2 Å². The summed E-state index contributed by atoms with van der Waals surface area (Å²) in [5, 5.41) is 5.96. The van der Waals surface area contributed by atoms with Crippen LogP contribution in [0.15, 0.2) is 36.4 Å². The van der Waals surface area contributed by atoms with Crippen molar-refractivity contribution in [1.29, 1.82) is 0 Å². The van der Waals surface area contributed by atoms with E-state index in [2.05, 4.69) is 47.6 Å². The van der Waals surface area contributed by atoms with Crippen LogP contribution in [0.3, 0.4) is 0 Å². The molecule has 1 fully saturated rings. The van der Waals surface area contributed by atoms with Gasteiger partial charge in [-0.2, -0.15) is 0 Å². The Morgan fingerprint density at radius 1 is 1.23 bits per heavy atom. The summed E-state index contributed by atoms with van der Waals surface area (Å²) < 4.78 is 11.0. The van der Waals surface area contributed by atoms with Crippen molar-refractivity contribution in [3.05, 3.63) is 42.0 Å². The largest absolute Gasteiger partial charge is 0.497 e. The Morgan fingerprint density at radius 3 is 2.86 bits per heavy atom. The van der Waals surface area contributed by atoms with Crippen LogP contribution in [0.4, 0.5) is 0 Å². The molecule has 1 aliphatic rings. The first kappa shape index (κ1) is 15.3. The van der Waals surface area contributed by atoms with Gasteiger partial charge >= 0.3 is 0 Å². The number of benzene rings is 2. The van der Waals surface area contributed by atoms with Gasteiger partial charge in [0.25, 0.3) is 0 Å². The second kappa shape index (κ2) is 7.09. The molecule has 0 amide bonds. The molecule has 0 saturated carbocycles. The lowest BCUT2D eigenvalue weighted by atomic mass is 10.1. The summed E-state index contributed by atoms with van der Waals surface area (Å²) in [5.74, 6) is 0.900. The SMILES string of the molecule is COc1ccc2cc(CNC[C@@H]3CN(C)CCO3)ccc2c1. The number of ether oxygens (including phenoxy) is 2. The maximum atomic E-state index is 5.76. The number of morpholine rings is 1. The third-order valence-corrected chi connectivity index (χ3v) is 4.15. The molecule has 3 rings (SSSR count). The van der Waals surface area contributed by atoms with Gasteiger partial charge in [0, 0.05) is 26.2 Å². The fourth-order valence-corrected chi connectivity index (χ4v) is 2.88. The maximum Gasteiger partial charge on any atom is 0.119 e. The standard InChI is InChI=1S/C18H24N2O2/c1-20-7-8-22-18(13-20)12-19-11-14-3-4-16-10-17(21-2)6-5-15(16)9-14/h3-6,9-10,18-19H,7-8,11-13H2,1-2H3/t18-/m1/s1. The van der Waals surface area contributed by atoms with E-state index in [-0.39, 0.29) is 0 Å². The third kappa shape index (κ3) is 3.77. The minimum absolute atomic E-state index is 0.295. The van der Waals surface area contributed by atoms with Gasteiger partial charge in [-0.1, -0.05) is 18.2 Å². The van der Waals surface area contributed by atoms with Gasteiger partial charge in [-0.3, -0.25) is 0 Å². The fourth-order valence-electron chi connectivity index (χ4n) is 2.88. The van der Waals surface area contributed by atoms with Gasteiger partial charge in [0.15, 0.2) is 0 Å². The van der Waals surface area contributed by atoms with Crippen LogP contribution in [-0.4, -0.2) is 51.4 Å². The van der Waals surface area contributed by atoms with Crippen LogP contribution in [0, 0.1) is 0 Å². The van der Waals surface area contributed by atoms with Gasteiger partial charge in [-0.05, 0) is 41.6 Å². The van der Waals surface area contributed by atoms with Crippen LogP contribution in [0.5, 0.6) is 5.75 Å². The zero-order valence-electron chi connectivity index (χ0n) is 13.3. The predicted molar refractivity (Wildman–Crippen MR) is 89.4 cm³/mol. The van der Waals surface area contributed by atoms with Crippen molar-refractivity contribution in [2.75, 3.05) is 40.4 Å². The molecule has 0 radical (unpaired) electrons. The molecule has 118 valence electrons. The number of fused-ring (bicyclic) bond motifs is 1. The molecule has 22 heavy (non-hydrogen) atoms. The van der Waals surface area contributed by atoms with Gasteiger partial charge in [0.1, 0.15) is 5.75 Å². The first-order chi connectivity index (χ1) is 10.7. The van der Waals surface area contributed by atoms with Crippen molar-refractivity contribution < 1.29 is 9.47 Å². The average molecular weight is 300 g/mol. The van der Waals surface area contributed by atoms with Crippen LogP contribution >= 0.6 is 0 Å². The zero-order valence-corrected chi connectivity index (χ0v) is 13.3. The monoisotopic (exact) mass is 300 g/mol. The Labute approximate surface area is 132 Å². The van der Waals surface area contributed by atoms with E-state index < -0.39 is 0 Å². The fraction of sp³-hybridized carbons (Fsp3) is 0.444. The molecular formula is C18H24N2O2. The smallest absolute Gasteiger partial charge is 0.119 e. The second-order valence-electron chi connectivity index (χ2n) is 5.93. The summed E-state index contributed by atoms with van der Waals surface area (Å²) in [7, 11) is 3.84. The predicted octanol–water partition coefficient (Wildman–Crippen LogP) is 2.27. The number of nitrogens with zero attached hydrogens (tertiary/aromatic N) is 1. The van der Waals surface area contributed by atoms with E-state index in [1.54, 1.807) is 7.11 Å². The van der Waals surface area contributed by atoms with E-state index in [9.17, 15) is 0 Å². The molecule has 1 saturated heterocycles. The lowest BCUT2D eigenvalue weighted by Crippen LogP contribution is -2.44. The molecule has 0 aliphatic carbocycles. The molecule has 0 bridgehead atoms. The highest BCUT2D eigenvalue weighted by Gasteiger charge is 2.16. The van der Waals surface area contributed by atoms with Gasteiger partial charge < -0.3 is 19.7 Å². The number of hydrogen-bond acceptors (Lipinski definition) is 4. The summed E-state index contributed by atoms with van der Waals surface area (Å²) in [6.07, 6.45) is 0.295. The molecule has 2 aromatic carbocycles. The van der Waals surface area contributed by atoms with Crippen LogP contribution in [0.1, 0.15) is 5.56 Å². The molecule has 4 heteroatoms. The molecule has 0 unspecified atom stereocenters. The molecule has 2 aromatic rings. The van der Waals surface area contributed by atoms with E-state index in [4.69, 9.17) is 9.47 Å². The lowest BCUT2D eigenvalue weighted by Gasteiger charge is -2.30. The van der Waals surface area contributed by atoms with Crippen LogP contribution < -0.4 is 10.1 Å². The number of hydrogen-bond donors (Lipinski definition) is 1. The van der Waals surface area contributed by atoms with Crippen LogP contribution in [0.2, 0.25) is 0 Å². The van der Waals surface area contributed by atoms with Gasteiger partial charge in [-0.25, -0.2) is 0 Å². The van der Waals surface area contributed by atoms with E-state index in [0.717, 1.165) is 38.5 Å². The van der Waals surface area contributed by atoms with Gasteiger partial charge in [-0.15, -0.1) is 0 Å². The number of rotatable bonds is 5. The summed E-state index contributed by atoms with van der Waals surface area (Å²) in [6, 6.07) is 12.7. The van der Waals surface area contributed by atoms with Crippen molar-refractivity contribution in [2.24, 2.45) is 0 Å². The topological polar surface area (TPSA) is 33.7 Å². The number of methoxy groups -OCH3 is 1. The Morgan fingerprint density at radius 2 is 2.05 bits per heavy atom. The summed E-state index contributed by atoms with van der Waals surface area (Å²) in [6.45, 7) is 4.63. The van der Waals surface area contributed by atoms with E-state index >= 15 is 0 Å². The highest BCUT2D eigenvalue weighted by Crippen LogP contribution is 2.21. The van der Waals surface area contributed by atoms with Crippen LogP contribution in [0.25, 0.3) is 10.8 Å². The molecule has 4 nitrogen and oxygen atoms in total. The average Bonchev–Trinajstić information content (AvgIpc) is 2.54. The molecule has 1 atom stereocenters. The Balaban J connectivity index is 1.57. The zero-order chi connectivity index (χ0) is 15.4. The summed E-state index contributed by atoms with van der Waals surface area (Å²) in [4.78, 5) is 2.32. The van der Waals surface area contributed by atoms with Crippen molar-refractivity contribution in [3.63, 3.8) is 0 Å². The highest BCUT2D eigenvalue weighted by atomic mass is 16.5. The van der Waals surface area contributed by atoms with Crippen LogP contribution in [-0.2, 0) is 11.3 Å². The quantitative estimate of drug-likeness (QED) is 0.918. The maximum absolute atomic E-state index is 5.76. The Bertz CT molecular complexity index is 630. The minimum Gasteiger partial charge on any atom is -0.497 e. The molecule has 1 aliphatic heterocycles. The summed E-state index contributed by atoms with van der Waals surface area (Å²) in [5.41, 5.74) is 1.29. The molecule has 1 heterocycles. The molecule has 0 aromatic heterocycles. The van der Waals surface area contributed by atoms with Crippen molar-refractivity contribution in [3.8, 4) is 5.75 Å². The Kier molecular flexibility index (Phi) is 4.93. The van der Waals surface area contributed by atoms with E-state index in [1.165, 1.54) is 16.3 Å². The third-order valence-electron chi connectivity index (χ3n) is 4.15. The number of nitrogens with one attached hydrogen (secondary N) is 1. The highest BCUT2D eigenvalue weighted by molar-refractivity contribution is 5.84. The molecule has 0 spiro atoms. The van der Waals surface area contributed by atoms with Crippen molar-refractivity contribution >= 4 is 10.8 Å². The Hall–Kier alpha value is -1.62. The van der Waals surface area contributed by atoms with Crippen molar-refractivity contribution in [2.45, 2.75) is 12.6 Å². The first-order valence-corrected chi connectivity index (χ1v) is 7.82. The lowest BCUT2D eigenvalue weighted by molar-refractivity contribution is -0.0182.